The molecule has 0 aliphatic heterocycles. The van der Waals surface area contributed by atoms with Crippen molar-refractivity contribution in [1.82, 2.24) is 4.90 Å². The maximum Gasteiger partial charge on any atom is 0.181 e. The van der Waals surface area contributed by atoms with Gasteiger partial charge < -0.3 is 5.11 Å². The molecule has 0 saturated heterocycles. The van der Waals surface area contributed by atoms with Crippen molar-refractivity contribution in [2.24, 2.45) is 0 Å². The van der Waals surface area contributed by atoms with Crippen LogP contribution in [0.25, 0.3) is 11.6 Å². The van der Waals surface area contributed by atoms with E-state index in [1.54, 1.807) is 6.08 Å². The molecule has 164 valence electrons. The Morgan fingerprint density at radius 1 is 1.03 bits per heavy atom. The lowest BCUT2D eigenvalue weighted by atomic mass is 10.0. The number of aliphatic hydroxyl groups is 1. The van der Waals surface area contributed by atoms with Crippen LogP contribution < -0.4 is 0 Å². The van der Waals surface area contributed by atoms with Crippen molar-refractivity contribution in [2.75, 3.05) is 19.7 Å². The second-order valence-electron chi connectivity index (χ2n) is 8.38. The van der Waals surface area contributed by atoms with E-state index in [0.29, 0.717) is 0 Å². The Labute approximate surface area is 187 Å². The molecule has 0 unspecified atom stereocenters. The van der Waals surface area contributed by atoms with E-state index in [4.69, 9.17) is 5.11 Å². The Hall–Kier alpha value is -2.49. The van der Waals surface area contributed by atoms with Crippen molar-refractivity contribution in [3.8, 4) is 0 Å². The predicted molar refractivity (Wildman–Crippen MR) is 130 cm³/mol. The molecule has 0 bridgehead atoms. The van der Waals surface area contributed by atoms with Crippen molar-refractivity contribution < 1.29 is 9.90 Å². The molecule has 2 aromatic rings. The third-order valence-corrected chi connectivity index (χ3v) is 5.96. The fourth-order valence-electron chi connectivity index (χ4n) is 4.14. The average Bonchev–Trinajstić information content (AvgIpc) is 3.22. The van der Waals surface area contributed by atoms with E-state index in [1.165, 1.54) is 54.0 Å². The smallest absolute Gasteiger partial charge is 0.181 e. The second kappa shape index (κ2) is 12.4. The van der Waals surface area contributed by atoms with Crippen molar-refractivity contribution in [2.45, 2.75) is 52.0 Å². The Balaban J connectivity index is 1.59. The second-order valence-corrected chi connectivity index (χ2v) is 8.38. The minimum Gasteiger partial charge on any atom is -0.388 e. The fraction of sp³-hybridized carbons (Fsp3) is 0.393. The molecule has 31 heavy (non-hydrogen) atoms. The number of hydrogen-bond acceptors (Lipinski definition) is 3. The number of aliphatic hydroxyl groups excluding tert-OH is 1. The van der Waals surface area contributed by atoms with E-state index >= 15 is 0 Å². The van der Waals surface area contributed by atoms with Gasteiger partial charge in [-0.05, 0) is 59.7 Å². The highest BCUT2D eigenvalue weighted by Crippen LogP contribution is 2.29. The first-order chi connectivity index (χ1) is 15.2. The van der Waals surface area contributed by atoms with Gasteiger partial charge >= 0.3 is 0 Å². The molecular weight excluding hydrogens is 382 g/mol. The highest BCUT2D eigenvalue weighted by atomic mass is 16.3. The lowest BCUT2D eigenvalue weighted by Gasteiger charge is -2.23. The molecule has 0 fully saturated rings. The summed E-state index contributed by atoms with van der Waals surface area (Å²) >= 11 is 0. The van der Waals surface area contributed by atoms with Crippen LogP contribution in [0.15, 0.2) is 60.7 Å². The summed E-state index contributed by atoms with van der Waals surface area (Å²) in [5, 5.41) is 8.83. The molecular formula is C28H35NO2. The van der Waals surface area contributed by atoms with Gasteiger partial charge in [0.2, 0.25) is 0 Å². The zero-order valence-electron chi connectivity index (χ0n) is 18.7. The highest BCUT2D eigenvalue weighted by Gasteiger charge is 2.14. The Bertz CT molecular complexity index is 895. The molecule has 0 amide bonds. The molecule has 1 aliphatic rings. The topological polar surface area (TPSA) is 40.5 Å². The number of benzene rings is 2. The number of hydrogen-bond donors (Lipinski definition) is 1. The van der Waals surface area contributed by atoms with Crippen LogP contribution in [0, 0.1) is 0 Å². The molecule has 2 aromatic carbocycles. The van der Waals surface area contributed by atoms with E-state index in [1.807, 2.05) is 12.1 Å². The molecule has 0 saturated carbocycles. The van der Waals surface area contributed by atoms with Crippen LogP contribution in [0.2, 0.25) is 0 Å². The summed E-state index contributed by atoms with van der Waals surface area (Å²) in [6, 6.07) is 17.2. The highest BCUT2D eigenvalue weighted by molar-refractivity contribution is 5.94. The number of rotatable bonds is 13. The molecule has 1 aliphatic carbocycles. The van der Waals surface area contributed by atoms with Crippen LogP contribution in [0.5, 0.6) is 0 Å². The zero-order chi connectivity index (χ0) is 21.9. The maximum atomic E-state index is 11.3. The molecule has 1 N–H and O–H groups in total. The summed E-state index contributed by atoms with van der Waals surface area (Å²) in [5.74, 6) is -0.273. The van der Waals surface area contributed by atoms with Crippen LogP contribution in [-0.2, 0) is 17.8 Å². The van der Waals surface area contributed by atoms with Crippen LogP contribution in [-0.4, -0.2) is 35.5 Å². The van der Waals surface area contributed by atoms with Crippen molar-refractivity contribution >= 4 is 17.4 Å². The fourth-order valence-corrected chi connectivity index (χ4v) is 4.14. The van der Waals surface area contributed by atoms with Gasteiger partial charge in [-0.25, -0.2) is 0 Å². The van der Waals surface area contributed by atoms with Gasteiger partial charge in [-0.1, -0.05) is 86.9 Å². The number of nitrogens with zero attached hydrogens (tertiary/aromatic N) is 1. The summed E-state index contributed by atoms with van der Waals surface area (Å²) < 4.78 is 0. The maximum absolute atomic E-state index is 11.3. The summed E-state index contributed by atoms with van der Waals surface area (Å²) in [7, 11) is 0. The number of unbranched alkanes of at least 4 members (excludes halogenated alkanes) is 3. The lowest BCUT2D eigenvalue weighted by molar-refractivity contribution is -0.117. The summed E-state index contributed by atoms with van der Waals surface area (Å²) in [5.41, 5.74) is 6.65. The molecule has 3 heteroatoms. The van der Waals surface area contributed by atoms with Crippen molar-refractivity contribution in [1.29, 1.82) is 0 Å². The summed E-state index contributed by atoms with van der Waals surface area (Å²) in [6.07, 6.45) is 12.8. The Kier molecular flexibility index (Phi) is 9.26. The molecule has 0 atom stereocenters. The van der Waals surface area contributed by atoms with Crippen molar-refractivity contribution in [3.05, 3.63) is 82.9 Å². The van der Waals surface area contributed by atoms with Gasteiger partial charge in [0.25, 0.3) is 0 Å². The zero-order valence-corrected chi connectivity index (χ0v) is 18.7. The van der Waals surface area contributed by atoms with E-state index in [-0.39, 0.29) is 5.78 Å². The van der Waals surface area contributed by atoms with Gasteiger partial charge in [-0.3, -0.25) is 9.69 Å². The molecule has 0 radical (unpaired) electrons. The van der Waals surface area contributed by atoms with Crippen LogP contribution in [0.1, 0.15) is 61.3 Å². The first-order valence-corrected chi connectivity index (χ1v) is 11.6. The van der Waals surface area contributed by atoms with E-state index in [9.17, 15) is 4.79 Å². The number of allylic oxidation sites excluding steroid dienone is 1. The normalized spacial score (nSPS) is 13.1. The third-order valence-electron chi connectivity index (χ3n) is 5.96. The summed E-state index contributed by atoms with van der Waals surface area (Å²) in [4.78, 5) is 13.8. The van der Waals surface area contributed by atoms with Gasteiger partial charge in [-0.2, -0.15) is 0 Å². The largest absolute Gasteiger partial charge is 0.388 e. The van der Waals surface area contributed by atoms with Gasteiger partial charge in [0.1, 0.15) is 6.61 Å². The average molecular weight is 418 g/mol. The monoisotopic (exact) mass is 417 g/mol. The standard InChI is InChI=1S/C28H35NO2/c1-2-3-4-7-19-29(20-18-26-16-15-25-8-5-6-9-28(25)26)21-24-12-10-23(11-13-24)14-17-27(31)22-30/h5-6,8-14,16-17,30H,2-4,7,15,18-22H2,1H3/b17-14+. The van der Waals surface area contributed by atoms with E-state index < -0.39 is 6.61 Å². The Morgan fingerprint density at radius 3 is 2.61 bits per heavy atom. The lowest BCUT2D eigenvalue weighted by Crippen LogP contribution is -2.26. The Morgan fingerprint density at radius 2 is 1.84 bits per heavy atom. The van der Waals surface area contributed by atoms with Gasteiger partial charge in [-0.15, -0.1) is 0 Å². The number of fused-ring (bicyclic) bond motifs is 1. The van der Waals surface area contributed by atoms with Crippen LogP contribution in [0.4, 0.5) is 0 Å². The van der Waals surface area contributed by atoms with Gasteiger partial charge in [0.15, 0.2) is 5.78 Å². The number of carbonyl (C=O) groups is 1. The van der Waals surface area contributed by atoms with Crippen LogP contribution in [0.3, 0.4) is 0 Å². The number of ketones is 1. The molecule has 0 aromatic heterocycles. The SMILES string of the molecule is CCCCCCN(CCC1=CCc2ccccc21)Cc1ccc(/C=C/C(=O)CO)cc1. The number of carbonyl (C=O) groups excluding carboxylic acids is 1. The van der Waals surface area contributed by atoms with E-state index in [0.717, 1.165) is 38.0 Å². The first kappa shape index (κ1) is 23.2. The summed E-state index contributed by atoms with van der Waals surface area (Å²) in [6.45, 7) is 4.95. The van der Waals surface area contributed by atoms with Crippen LogP contribution >= 0.6 is 0 Å². The van der Waals surface area contributed by atoms with Gasteiger partial charge in [0, 0.05) is 13.1 Å². The quantitative estimate of drug-likeness (QED) is 0.337. The molecule has 0 heterocycles. The van der Waals surface area contributed by atoms with E-state index in [2.05, 4.69) is 54.3 Å². The molecule has 3 rings (SSSR count). The molecule has 3 nitrogen and oxygen atoms in total. The van der Waals surface area contributed by atoms with Gasteiger partial charge in [0.05, 0.1) is 0 Å². The van der Waals surface area contributed by atoms with Crippen molar-refractivity contribution in [3.63, 3.8) is 0 Å². The minimum absolute atomic E-state index is 0.273. The molecule has 0 spiro atoms. The first-order valence-electron chi connectivity index (χ1n) is 11.6. The third kappa shape index (κ3) is 7.30. The predicted octanol–water partition coefficient (Wildman–Crippen LogP) is 5.67. The minimum atomic E-state index is -0.442.